The number of nitrogens with zero attached hydrogens (tertiary/aromatic N) is 1. The van der Waals surface area contributed by atoms with E-state index in [0.717, 1.165) is 85.0 Å². The summed E-state index contributed by atoms with van der Waals surface area (Å²) in [5.41, 5.74) is 5.64. The van der Waals surface area contributed by atoms with Crippen molar-refractivity contribution in [1.29, 1.82) is 0 Å². The van der Waals surface area contributed by atoms with Crippen LogP contribution in [0.2, 0.25) is 5.02 Å². The first kappa shape index (κ1) is 21.3. The molecule has 0 radical (unpaired) electrons. The van der Waals surface area contributed by atoms with E-state index in [1.807, 2.05) is 12.1 Å². The largest absolute Gasteiger partial charge is 0.381 e. The van der Waals surface area contributed by atoms with Crippen LogP contribution in [-0.4, -0.2) is 61.2 Å². The van der Waals surface area contributed by atoms with Gasteiger partial charge in [-0.3, -0.25) is 9.69 Å². The Labute approximate surface area is 193 Å². The Balaban J connectivity index is 1.35. The van der Waals surface area contributed by atoms with Crippen molar-refractivity contribution in [3.63, 3.8) is 0 Å². The van der Waals surface area contributed by atoms with Crippen molar-refractivity contribution < 1.29 is 9.53 Å². The Morgan fingerprint density at radius 3 is 2.88 bits per heavy atom. The summed E-state index contributed by atoms with van der Waals surface area (Å²) in [5.74, 6) is 0.118. The zero-order valence-corrected chi connectivity index (χ0v) is 18.9. The standard InChI is InChI=1S/C25H29ClN4O2/c26-20-13-19-14-22(29-25(19)23(15-20)28-21-5-10-32-11-6-21)18-3-1-2-17(12-18)4-8-30-9-7-27-24(31)16-30/h1-3,12-15,21,28-29H,4-11,16H2,(H,27,31). The monoisotopic (exact) mass is 452 g/mol. The molecule has 0 unspecified atom stereocenters. The number of halogens is 1. The molecule has 1 amide bonds. The van der Waals surface area contributed by atoms with E-state index >= 15 is 0 Å². The van der Waals surface area contributed by atoms with E-state index in [2.05, 4.69) is 50.8 Å². The Hall–Kier alpha value is -2.54. The number of fused-ring (bicyclic) bond motifs is 1. The first-order chi connectivity index (χ1) is 15.6. The summed E-state index contributed by atoms with van der Waals surface area (Å²) in [7, 11) is 0. The van der Waals surface area contributed by atoms with Gasteiger partial charge in [-0.15, -0.1) is 0 Å². The van der Waals surface area contributed by atoms with Crippen LogP contribution in [0, 0.1) is 0 Å². The van der Waals surface area contributed by atoms with Gasteiger partial charge in [0.15, 0.2) is 0 Å². The van der Waals surface area contributed by atoms with Gasteiger partial charge in [0.1, 0.15) is 0 Å². The molecule has 2 fully saturated rings. The highest BCUT2D eigenvalue weighted by molar-refractivity contribution is 6.32. The van der Waals surface area contributed by atoms with Crippen molar-refractivity contribution in [3.8, 4) is 11.3 Å². The number of rotatable bonds is 6. The third kappa shape index (κ3) is 4.93. The molecule has 3 N–H and O–H groups in total. The zero-order chi connectivity index (χ0) is 21.9. The average Bonchev–Trinajstić information content (AvgIpc) is 3.23. The fourth-order valence-corrected chi connectivity index (χ4v) is 4.83. The van der Waals surface area contributed by atoms with E-state index in [-0.39, 0.29) is 5.91 Å². The fraction of sp³-hybridized carbons (Fsp3) is 0.400. The SMILES string of the molecule is O=C1CN(CCc2cccc(-c3cc4cc(Cl)cc(NC5CCOCC5)c4[nH]3)c2)CCN1. The maximum atomic E-state index is 11.6. The lowest BCUT2D eigenvalue weighted by Gasteiger charge is -2.26. The number of piperazine rings is 1. The van der Waals surface area contributed by atoms with Crippen LogP contribution >= 0.6 is 11.6 Å². The maximum Gasteiger partial charge on any atom is 0.234 e. The third-order valence-corrected chi connectivity index (χ3v) is 6.56. The van der Waals surface area contributed by atoms with Crippen molar-refractivity contribution >= 4 is 34.1 Å². The molecule has 0 aliphatic carbocycles. The van der Waals surface area contributed by atoms with Gasteiger partial charge in [0.25, 0.3) is 0 Å². The normalized spacial score (nSPS) is 18.1. The van der Waals surface area contributed by atoms with Gasteiger partial charge in [-0.1, -0.05) is 29.8 Å². The number of carbonyl (C=O) groups is 1. The lowest BCUT2D eigenvalue weighted by atomic mass is 10.1. The van der Waals surface area contributed by atoms with Gasteiger partial charge in [-0.25, -0.2) is 0 Å². The Bertz CT molecular complexity index is 1110. The summed E-state index contributed by atoms with van der Waals surface area (Å²) in [6.07, 6.45) is 2.92. The molecular formula is C25H29ClN4O2. The molecule has 6 nitrogen and oxygen atoms in total. The summed E-state index contributed by atoms with van der Waals surface area (Å²) in [5, 5.41) is 8.39. The number of hydrogen-bond acceptors (Lipinski definition) is 4. The molecule has 3 heterocycles. The highest BCUT2D eigenvalue weighted by atomic mass is 35.5. The third-order valence-electron chi connectivity index (χ3n) is 6.35. The molecule has 32 heavy (non-hydrogen) atoms. The number of aromatic amines is 1. The topological polar surface area (TPSA) is 69.4 Å². The Kier molecular flexibility index (Phi) is 6.35. The van der Waals surface area contributed by atoms with Gasteiger partial charge in [0.05, 0.1) is 17.7 Å². The summed E-state index contributed by atoms with van der Waals surface area (Å²) in [4.78, 5) is 17.4. The molecule has 3 aromatic rings. The predicted molar refractivity (Wildman–Crippen MR) is 129 cm³/mol. The highest BCUT2D eigenvalue weighted by Crippen LogP contribution is 2.33. The Morgan fingerprint density at radius 1 is 1.16 bits per heavy atom. The molecule has 0 atom stereocenters. The first-order valence-electron chi connectivity index (χ1n) is 11.4. The maximum absolute atomic E-state index is 11.6. The van der Waals surface area contributed by atoms with E-state index in [9.17, 15) is 4.79 Å². The van der Waals surface area contributed by atoms with Gasteiger partial charge in [-0.2, -0.15) is 0 Å². The quantitative estimate of drug-likeness (QED) is 0.527. The number of hydrogen-bond donors (Lipinski definition) is 3. The fourth-order valence-electron chi connectivity index (χ4n) is 4.60. The van der Waals surface area contributed by atoms with Crippen LogP contribution in [0.3, 0.4) is 0 Å². The molecule has 0 bridgehead atoms. The number of carbonyl (C=O) groups excluding carboxylic acids is 1. The van der Waals surface area contributed by atoms with Crippen LogP contribution in [0.25, 0.3) is 22.2 Å². The number of nitrogens with one attached hydrogen (secondary N) is 3. The van der Waals surface area contributed by atoms with Crippen LogP contribution in [0.15, 0.2) is 42.5 Å². The molecule has 0 spiro atoms. The van der Waals surface area contributed by atoms with E-state index in [0.29, 0.717) is 12.6 Å². The first-order valence-corrected chi connectivity index (χ1v) is 11.8. The minimum Gasteiger partial charge on any atom is -0.381 e. The minimum absolute atomic E-state index is 0.118. The predicted octanol–water partition coefficient (Wildman–Crippen LogP) is 4.05. The van der Waals surface area contributed by atoms with Crippen molar-refractivity contribution in [2.75, 3.05) is 44.7 Å². The molecule has 2 saturated heterocycles. The van der Waals surface area contributed by atoms with E-state index in [1.165, 1.54) is 5.56 Å². The van der Waals surface area contributed by atoms with Crippen LogP contribution in [-0.2, 0) is 16.0 Å². The van der Waals surface area contributed by atoms with Crippen LogP contribution in [0.4, 0.5) is 5.69 Å². The highest BCUT2D eigenvalue weighted by Gasteiger charge is 2.17. The summed E-state index contributed by atoms with van der Waals surface area (Å²) in [6, 6.07) is 15.2. The molecule has 2 aliphatic heterocycles. The number of ether oxygens (including phenoxy) is 1. The van der Waals surface area contributed by atoms with Crippen molar-refractivity contribution in [2.24, 2.45) is 0 Å². The minimum atomic E-state index is 0.118. The number of aromatic nitrogens is 1. The van der Waals surface area contributed by atoms with Gasteiger partial charge in [0.2, 0.25) is 5.91 Å². The smallest absolute Gasteiger partial charge is 0.234 e. The lowest BCUT2D eigenvalue weighted by molar-refractivity contribution is -0.124. The van der Waals surface area contributed by atoms with Crippen LogP contribution < -0.4 is 10.6 Å². The van der Waals surface area contributed by atoms with Gasteiger partial charge in [-0.05, 0) is 54.7 Å². The number of amides is 1. The average molecular weight is 453 g/mol. The summed E-state index contributed by atoms with van der Waals surface area (Å²) >= 11 is 6.44. The molecule has 5 rings (SSSR count). The van der Waals surface area contributed by atoms with Gasteiger partial charge < -0.3 is 20.4 Å². The van der Waals surface area contributed by atoms with Crippen molar-refractivity contribution in [3.05, 3.63) is 53.1 Å². The number of H-pyrrole nitrogens is 1. The second kappa shape index (κ2) is 9.53. The van der Waals surface area contributed by atoms with E-state index in [1.54, 1.807) is 0 Å². The molecule has 7 heteroatoms. The molecular weight excluding hydrogens is 424 g/mol. The molecule has 1 aromatic heterocycles. The molecule has 0 saturated carbocycles. The lowest BCUT2D eigenvalue weighted by Crippen LogP contribution is -2.48. The second-order valence-electron chi connectivity index (χ2n) is 8.71. The van der Waals surface area contributed by atoms with Crippen LogP contribution in [0.1, 0.15) is 18.4 Å². The van der Waals surface area contributed by atoms with Crippen molar-refractivity contribution in [2.45, 2.75) is 25.3 Å². The molecule has 2 aromatic carbocycles. The van der Waals surface area contributed by atoms with E-state index in [4.69, 9.17) is 16.3 Å². The van der Waals surface area contributed by atoms with Crippen LogP contribution in [0.5, 0.6) is 0 Å². The van der Waals surface area contributed by atoms with Crippen molar-refractivity contribution in [1.82, 2.24) is 15.2 Å². The number of anilines is 1. The number of benzene rings is 2. The molecule has 168 valence electrons. The summed E-state index contributed by atoms with van der Waals surface area (Å²) in [6.45, 7) is 4.63. The zero-order valence-electron chi connectivity index (χ0n) is 18.1. The van der Waals surface area contributed by atoms with Gasteiger partial charge >= 0.3 is 0 Å². The van der Waals surface area contributed by atoms with E-state index < -0.39 is 0 Å². The Morgan fingerprint density at radius 2 is 2.03 bits per heavy atom. The molecule has 2 aliphatic rings. The summed E-state index contributed by atoms with van der Waals surface area (Å²) < 4.78 is 5.49. The van der Waals surface area contributed by atoms with Gasteiger partial charge in [0, 0.05) is 55.0 Å². The second-order valence-corrected chi connectivity index (χ2v) is 9.14.